The Morgan fingerprint density at radius 1 is 0.750 bits per heavy atom. The first kappa shape index (κ1) is 13.7. The van der Waals surface area contributed by atoms with Crippen molar-refractivity contribution in [1.29, 1.82) is 0 Å². The van der Waals surface area contributed by atoms with Gasteiger partial charge in [0.25, 0.3) is 0 Å². The second-order valence-corrected chi connectivity index (χ2v) is 6.48. The molecule has 0 amide bonds. The maximum atomic E-state index is 5.15. The Balaban J connectivity index is 1.66. The van der Waals surface area contributed by atoms with Gasteiger partial charge in [0.15, 0.2) is 0 Å². The van der Waals surface area contributed by atoms with E-state index in [1.54, 1.807) is 0 Å². The highest BCUT2D eigenvalue weighted by Gasteiger charge is 2.64. The monoisotopic (exact) mass is 310 g/mol. The van der Waals surface area contributed by atoms with Gasteiger partial charge in [-0.1, -0.05) is 91.0 Å². The SMILES string of the molecule is c1ccc(C2=N[C@H](c3ccccc3)N3C[C@]23c2ccccc2)cc1. The molecular formula is C22H18N2. The molecule has 2 nitrogen and oxygen atoms in total. The van der Waals surface area contributed by atoms with Crippen molar-refractivity contribution in [2.45, 2.75) is 11.7 Å². The lowest BCUT2D eigenvalue weighted by molar-refractivity contribution is 0.401. The van der Waals surface area contributed by atoms with Crippen molar-refractivity contribution in [3.63, 3.8) is 0 Å². The Bertz CT molecular complexity index is 887. The summed E-state index contributed by atoms with van der Waals surface area (Å²) in [6, 6.07) is 32.0. The second-order valence-electron chi connectivity index (χ2n) is 6.48. The third-order valence-electron chi connectivity index (χ3n) is 5.12. The van der Waals surface area contributed by atoms with Crippen molar-refractivity contribution in [3.05, 3.63) is 108 Å². The van der Waals surface area contributed by atoms with E-state index in [4.69, 9.17) is 4.99 Å². The smallest absolute Gasteiger partial charge is 0.129 e. The van der Waals surface area contributed by atoms with Crippen LogP contribution in [0.5, 0.6) is 0 Å². The van der Waals surface area contributed by atoms with Crippen LogP contribution in [0.2, 0.25) is 0 Å². The average Bonchev–Trinajstić information content (AvgIpc) is 3.33. The van der Waals surface area contributed by atoms with Gasteiger partial charge in [0.05, 0.1) is 5.71 Å². The number of rotatable bonds is 3. The number of nitrogens with zero attached hydrogens (tertiary/aromatic N) is 2. The van der Waals surface area contributed by atoms with Crippen LogP contribution in [0.4, 0.5) is 0 Å². The van der Waals surface area contributed by atoms with E-state index >= 15 is 0 Å². The molecule has 0 spiro atoms. The minimum absolute atomic E-state index is 0.0663. The highest BCUT2D eigenvalue weighted by molar-refractivity contribution is 6.11. The number of aliphatic imine (C=N–C) groups is 1. The van der Waals surface area contributed by atoms with E-state index in [0.29, 0.717) is 0 Å². The van der Waals surface area contributed by atoms with E-state index in [0.717, 1.165) is 6.54 Å². The number of benzene rings is 3. The van der Waals surface area contributed by atoms with Crippen LogP contribution >= 0.6 is 0 Å². The van der Waals surface area contributed by atoms with Crippen molar-refractivity contribution >= 4 is 5.71 Å². The van der Waals surface area contributed by atoms with E-state index in [2.05, 4.69) is 95.9 Å². The molecule has 5 rings (SSSR count). The largest absolute Gasteiger partial charge is 0.263 e. The molecule has 2 heteroatoms. The molecule has 0 radical (unpaired) electrons. The van der Waals surface area contributed by atoms with Gasteiger partial charge in [-0.3, -0.25) is 9.89 Å². The molecule has 0 bridgehead atoms. The molecule has 1 fully saturated rings. The molecule has 2 heterocycles. The summed E-state index contributed by atoms with van der Waals surface area (Å²) in [6.07, 6.45) is 0.113. The third-order valence-corrected chi connectivity index (χ3v) is 5.12. The molecule has 0 N–H and O–H groups in total. The van der Waals surface area contributed by atoms with Crippen molar-refractivity contribution < 1.29 is 0 Å². The summed E-state index contributed by atoms with van der Waals surface area (Å²) in [5, 5.41) is 0. The number of fused-ring (bicyclic) bond motifs is 1. The predicted molar refractivity (Wildman–Crippen MR) is 97.0 cm³/mol. The fourth-order valence-electron chi connectivity index (χ4n) is 3.91. The number of hydrogen-bond donors (Lipinski definition) is 0. The molecule has 3 aromatic rings. The third kappa shape index (κ3) is 1.90. The summed E-state index contributed by atoms with van der Waals surface area (Å²) in [5.74, 6) is 0. The lowest BCUT2D eigenvalue weighted by atomic mass is 9.90. The molecule has 2 aliphatic heterocycles. The maximum absolute atomic E-state index is 5.15. The Morgan fingerprint density at radius 2 is 1.33 bits per heavy atom. The van der Waals surface area contributed by atoms with Gasteiger partial charge in [-0.05, 0) is 16.7 Å². The van der Waals surface area contributed by atoms with Crippen LogP contribution in [0.15, 0.2) is 96.0 Å². The summed E-state index contributed by atoms with van der Waals surface area (Å²) >= 11 is 0. The first-order chi connectivity index (χ1) is 11.9. The van der Waals surface area contributed by atoms with Crippen molar-refractivity contribution in [3.8, 4) is 0 Å². The van der Waals surface area contributed by atoms with Crippen molar-refractivity contribution in [1.82, 2.24) is 4.90 Å². The van der Waals surface area contributed by atoms with Gasteiger partial charge in [-0.2, -0.15) is 0 Å². The van der Waals surface area contributed by atoms with Gasteiger partial charge in [-0.15, -0.1) is 0 Å². The molecule has 3 aromatic carbocycles. The predicted octanol–water partition coefficient (Wildman–Crippen LogP) is 4.40. The zero-order valence-corrected chi connectivity index (χ0v) is 13.3. The van der Waals surface area contributed by atoms with Crippen LogP contribution in [-0.4, -0.2) is 17.2 Å². The summed E-state index contributed by atoms with van der Waals surface area (Å²) < 4.78 is 0. The lowest BCUT2D eigenvalue weighted by Crippen LogP contribution is -2.23. The topological polar surface area (TPSA) is 15.4 Å². The standard InChI is InChI=1S/C22H18N2/c1-4-10-17(11-5-1)20-22(19-14-8-3-9-15-19)16-24(22)21(23-20)18-12-6-2-7-13-18/h1-15,21H,16H2/t21-,22-,24?/m0/s1. The van der Waals surface area contributed by atoms with Crippen LogP contribution in [0.1, 0.15) is 22.9 Å². The first-order valence-electron chi connectivity index (χ1n) is 8.40. The van der Waals surface area contributed by atoms with E-state index in [1.807, 2.05) is 0 Å². The molecule has 1 saturated heterocycles. The molecule has 0 aromatic heterocycles. The summed E-state index contributed by atoms with van der Waals surface area (Å²) in [4.78, 5) is 7.65. The van der Waals surface area contributed by atoms with Gasteiger partial charge in [0.1, 0.15) is 11.7 Å². The van der Waals surface area contributed by atoms with Gasteiger partial charge in [0.2, 0.25) is 0 Å². The molecule has 1 unspecified atom stereocenters. The highest BCUT2D eigenvalue weighted by atomic mass is 15.5. The summed E-state index contributed by atoms with van der Waals surface area (Å²) in [7, 11) is 0. The Hall–Kier alpha value is -2.71. The molecule has 0 saturated carbocycles. The minimum atomic E-state index is -0.0663. The van der Waals surface area contributed by atoms with Crippen LogP contribution < -0.4 is 0 Å². The Kier molecular flexibility index (Phi) is 2.94. The fraction of sp³-hybridized carbons (Fsp3) is 0.136. The zero-order valence-electron chi connectivity index (χ0n) is 13.3. The quantitative estimate of drug-likeness (QED) is 0.655. The first-order valence-corrected chi connectivity index (χ1v) is 8.40. The van der Waals surface area contributed by atoms with Gasteiger partial charge < -0.3 is 0 Å². The van der Waals surface area contributed by atoms with Crippen LogP contribution in [0, 0.1) is 0 Å². The van der Waals surface area contributed by atoms with Crippen LogP contribution in [0.25, 0.3) is 0 Å². The minimum Gasteiger partial charge on any atom is -0.263 e. The van der Waals surface area contributed by atoms with Crippen molar-refractivity contribution in [2.75, 3.05) is 6.54 Å². The summed E-state index contributed by atoms with van der Waals surface area (Å²) in [6.45, 7) is 1.03. The van der Waals surface area contributed by atoms with E-state index < -0.39 is 0 Å². The normalized spacial score (nSPS) is 27.4. The van der Waals surface area contributed by atoms with Crippen molar-refractivity contribution in [2.24, 2.45) is 4.99 Å². The maximum Gasteiger partial charge on any atom is 0.129 e. The van der Waals surface area contributed by atoms with E-state index in [1.165, 1.54) is 22.4 Å². The molecule has 116 valence electrons. The van der Waals surface area contributed by atoms with Crippen LogP contribution in [0.3, 0.4) is 0 Å². The highest BCUT2D eigenvalue weighted by Crippen LogP contribution is 2.56. The average molecular weight is 310 g/mol. The fourth-order valence-corrected chi connectivity index (χ4v) is 3.91. The zero-order chi connectivity index (χ0) is 16.0. The molecular weight excluding hydrogens is 292 g/mol. The Morgan fingerprint density at radius 3 is 2.00 bits per heavy atom. The molecule has 2 aliphatic rings. The van der Waals surface area contributed by atoms with Gasteiger partial charge in [-0.25, -0.2) is 0 Å². The molecule has 24 heavy (non-hydrogen) atoms. The van der Waals surface area contributed by atoms with E-state index in [9.17, 15) is 0 Å². The van der Waals surface area contributed by atoms with Gasteiger partial charge >= 0.3 is 0 Å². The van der Waals surface area contributed by atoms with Crippen LogP contribution in [-0.2, 0) is 5.54 Å². The number of hydrogen-bond acceptors (Lipinski definition) is 2. The second kappa shape index (κ2) is 5.15. The molecule has 0 aliphatic carbocycles. The van der Waals surface area contributed by atoms with E-state index in [-0.39, 0.29) is 11.7 Å². The lowest BCUT2D eigenvalue weighted by Gasteiger charge is -2.16. The Labute approximate surface area is 142 Å². The van der Waals surface area contributed by atoms with Gasteiger partial charge in [0, 0.05) is 6.54 Å². The molecule has 3 atom stereocenters. The summed E-state index contributed by atoms with van der Waals surface area (Å²) in [5.41, 5.74) is 4.96.